The zero-order chi connectivity index (χ0) is 5.98. The van der Waals surface area contributed by atoms with Crippen LogP contribution in [-0.2, 0) is 0 Å². The van der Waals surface area contributed by atoms with Crippen molar-refractivity contribution >= 4 is 11.6 Å². The molecule has 0 saturated carbocycles. The lowest BCUT2D eigenvalue weighted by molar-refractivity contribution is 0.734. The van der Waals surface area contributed by atoms with Crippen LogP contribution in [0.1, 0.15) is 13.3 Å². The van der Waals surface area contributed by atoms with Crippen molar-refractivity contribution in [2.75, 3.05) is 0 Å². The molecule has 1 unspecified atom stereocenters. The van der Waals surface area contributed by atoms with Crippen molar-refractivity contribution in [3.63, 3.8) is 0 Å². The molecule has 0 aromatic rings. The van der Waals surface area contributed by atoms with Crippen LogP contribution in [0, 0.1) is 5.92 Å². The van der Waals surface area contributed by atoms with E-state index in [1.807, 2.05) is 6.08 Å². The van der Waals surface area contributed by atoms with Crippen LogP contribution < -0.4 is 0 Å². The Labute approximate surface area is 54.8 Å². The fourth-order valence-electron chi connectivity index (χ4n) is 0.791. The van der Waals surface area contributed by atoms with Crippen LogP contribution >= 0.6 is 11.6 Å². The molecule has 1 atom stereocenters. The SMILES string of the molecule is CC1C=C(Cl)C=CC1. The van der Waals surface area contributed by atoms with Crippen LogP contribution in [0.2, 0.25) is 0 Å². The lowest BCUT2D eigenvalue weighted by atomic mass is 10.0. The normalized spacial score (nSPS) is 27.8. The molecule has 0 bridgehead atoms. The van der Waals surface area contributed by atoms with E-state index in [0.29, 0.717) is 5.92 Å². The Morgan fingerprint density at radius 2 is 2.50 bits per heavy atom. The summed E-state index contributed by atoms with van der Waals surface area (Å²) in [5, 5.41) is 0.878. The predicted octanol–water partition coefficient (Wildman–Crippen LogP) is 2.71. The molecule has 0 N–H and O–H groups in total. The minimum atomic E-state index is 0.632. The van der Waals surface area contributed by atoms with Gasteiger partial charge < -0.3 is 0 Å². The van der Waals surface area contributed by atoms with Crippen molar-refractivity contribution in [3.8, 4) is 0 Å². The molecular formula is C7H9Cl. The van der Waals surface area contributed by atoms with Crippen molar-refractivity contribution in [3.05, 3.63) is 23.3 Å². The van der Waals surface area contributed by atoms with Crippen LogP contribution in [-0.4, -0.2) is 0 Å². The summed E-state index contributed by atoms with van der Waals surface area (Å²) in [6, 6.07) is 0. The minimum Gasteiger partial charge on any atom is -0.0847 e. The topological polar surface area (TPSA) is 0 Å². The van der Waals surface area contributed by atoms with Gasteiger partial charge in [0.1, 0.15) is 0 Å². The highest BCUT2D eigenvalue weighted by atomic mass is 35.5. The van der Waals surface area contributed by atoms with Gasteiger partial charge in [0.05, 0.1) is 0 Å². The summed E-state index contributed by atoms with van der Waals surface area (Å²) in [4.78, 5) is 0. The van der Waals surface area contributed by atoms with Crippen molar-refractivity contribution in [2.24, 2.45) is 5.92 Å². The second-order valence-electron chi connectivity index (χ2n) is 2.17. The van der Waals surface area contributed by atoms with Gasteiger partial charge in [-0.3, -0.25) is 0 Å². The van der Waals surface area contributed by atoms with Gasteiger partial charge in [0.15, 0.2) is 0 Å². The first-order valence-corrected chi connectivity index (χ1v) is 3.20. The van der Waals surface area contributed by atoms with E-state index in [9.17, 15) is 0 Å². The van der Waals surface area contributed by atoms with Crippen LogP contribution in [0.5, 0.6) is 0 Å². The third kappa shape index (κ3) is 1.38. The van der Waals surface area contributed by atoms with Gasteiger partial charge in [-0.1, -0.05) is 30.7 Å². The third-order valence-electron chi connectivity index (χ3n) is 1.23. The van der Waals surface area contributed by atoms with Gasteiger partial charge >= 0.3 is 0 Å². The Hall–Kier alpha value is -0.230. The van der Waals surface area contributed by atoms with Gasteiger partial charge in [0, 0.05) is 5.03 Å². The Morgan fingerprint density at radius 3 is 2.88 bits per heavy atom. The van der Waals surface area contributed by atoms with E-state index in [-0.39, 0.29) is 0 Å². The van der Waals surface area contributed by atoms with Crippen molar-refractivity contribution in [2.45, 2.75) is 13.3 Å². The average Bonchev–Trinajstić information content (AvgIpc) is 1.64. The van der Waals surface area contributed by atoms with Gasteiger partial charge in [0.2, 0.25) is 0 Å². The molecule has 0 amide bonds. The molecule has 1 aliphatic carbocycles. The monoisotopic (exact) mass is 128 g/mol. The highest BCUT2D eigenvalue weighted by Gasteiger charge is 1.99. The third-order valence-corrected chi connectivity index (χ3v) is 1.48. The highest BCUT2D eigenvalue weighted by molar-refractivity contribution is 6.31. The number of rotatable bonds is 0. The molecule has 0 heterocycles. The van der Waals surface area contributed by atoms with Crippen molar-refractivity contribution in [1.29, 1.82) is 0 Å². The summed E-state index contributed by atoms with van der Waals surface area (Å²) in [7, 11) is 0. The molecular weight excluding hydrogens is 120 g/mol. The van der Waals surface area contributed by atoms with Crippen molar-refractivity contribution in [1.82, 2.24) is 0 Å². The van der Waals surface area contributed by atoms with E-state index in [1.54, 1.807) is 0 Å². The van der Waals surface area contributed by atoms with Gasteiger partial charge in [-0.15, -0.1) is 0 Å². The average molecular weight is 129 g/mol. The van der Waals surface area contributed by atoms with E-state index in [1.165, 1.54) is 0 Å². The standard InChI is InChI=1S/C7H9Cl/c1-6-3-2-4-7(8)5-6/h2,4-6H,3H2,1H3. The molecule has 0 aromatic carbocycles. The zero-order valence-electron chi connectivity index (χ0n) is 4.89. The molecule has 1 heteroatoms. The largest absolute Gasteiger partial charge is 0.0847 e. The highest BCUT2D eigenvalue weighted by Crippen LogP contribution is 2.17. The molecule has 1 rings (SSSR count). The van der Waals surface area contributed by atoms with Crippen LogP contribution in [0.25, 0.3) is 0 Å². The lowest BCUT2D eigenvalue weighted by Crippen LogP contribution is -1.90. The summed E-state index contributed by atoms with van der Waals surface area (Å²) >= 11 is 5.69. The Kier molecular flexibility index (Phi) is 1.74. The first kappa shape index (κ1) is 5.90. The van der Waals surface area contributed by atoms with Crippen LogP contribution in [0.4, 0.5) is 0 Å². The number of hydrogen-bond donors (Lipinski definition) is 0. The molecule has 0 saturated heterocycles. The fourth-order valence-corrected chi connectivity index (χ4v) is 1.09. The quantitative estimate of drug-likeness (QED) is 0.471. The predicted molar refractivity (Wildman–Crippen MR) is 36.9 cm³/mol. The fraction of sp³-hybridized carbons (Fsp3) is 0.429. The van der Waals surface area contributed by atoms with E-state index in [0.717, 1.165) is 11.5 Å². The molecule has 0 nitrogen and oxygen atoms in total. The second-order valence-corrected chi connectivity index (χ2v) is 2.60. The minimum absolute atomic E-state index is 0.632. The molecule has 44 valence electrons. The van der Waals surface area contributed by atoms with Gasteiger partial charge in [0.25, 0.3) is 0 Å². The Morgan fingerprint density at radius 1 is 1.75 bits per heavy atom. The summed E-state index contributed by atoms with van der Waals surface area (Å²) in [5.41, 5.74) is 0. The summed E-state index contributed by atoms with van der Waals surface area (Å²) in [6.07, 6.45) is 7.26. The number of hydrogen-bond acceptors (Lipinski definition) is 0. The van der Waals surface area contributed by atoms with E-state index in [4.69, 9.17) is 11.6 Å². The lowest BCUT2D eigenvalue weighted by Gasteiger charge is -2.05. The second kappa shape index (κ2) is 2.36. The summed E-state index contributed by atoms with van der Waals surface area (Å²) in [6.45, 7) is 2.16. The molecule has 0 radical (unpaired) electrons. The molecule has 8 heavy (non-hydrogen) atoms. The molecule has 0 spiro atoms. The van der Waals surface area contributed by atoms with Gasteiger partial charge in [-0.05, 0) is 18.4 Å². The van der Waals surface area contributed by atoms with Crippen molar-refractivity contribution < 1.29 is 0 Å². The summed E-state index contributed by atoms with van der Waals surface area (Å²) < 4.78 is 0. The maximum absolute atomic E-state index is 5.69. The number of halogens is 1. The zero-order valence-corrected chi connectivity index (χ0v) is 5.65. The molecule has 0 fully saturated rings. The maximum Gasteiger partial charge on any atom is 0.0365 e. The maximum atomic E-state index is 5.69. The molecule has 1 aliphatic rings. The number of allylic oxidation sites excluding steroid dienone is 4. The first-order valence-electron chi connectivity index (χ1n) is 2.83. The summed E-state index contributed by atoms with van der Waals surface area (Å²) in [5.74, 6) is 0.632. The van der Waals surface area contributed by atoms with Gasteiger partial charge in [-0.25, -0.2) is 0 Å². The molecule has 0 aliphatic heterocycles. The Bertz CT molecular complexity index is 133. The smallest absolute Gasteiger partial charge is 0.0365 e. The first-order chi connectivity index (χ1) is 3.79. The van der Waals surface area contributed by atoms with E-state index in [2.05, 4.69) is 19.1 Å². The van der Waals surface area contributed by atoms with Gasteiger partial charge in [-0.2, -0.15) is 0 Å². The molecule has 0 aromatic heterocycles. The van der Waals surface area contributed by atoms with E-state index >= 15 is 0 Å². The van der Waals surface area contributed by atoms with Crippen LogP contribution in [0.3, 0.4) is 0 Å². The van der Waals surface area contributed by atoms with Crippen LogP contribution in [0.15, 0.2) is 23.3 Å². The van der Waals surface area contributed by atoms with E-state index < -0.39 is 0 Å². The Balaban J connectivity index is 2.63.